The number of fused-ring (bicyclic) bond motifs is 1. The second-order valence-electron chi connectivity index (χ2n) is 5.27. The number of amides is 1. The molecule has 5 nitrogen and oxygen atoms in total. The van der Waals surface area contributed by atoms with Gasteiger partial charge >= 0.3 is 0 Å². The third-order valence-corrected chi connectivity index (χ3v) is 6.34. The van der Waals surface area contributed by atoms with Crippen molar-refractivity contribution in [1.29, 1.82) is 0 Å². The monoisotopic (exact) mass is 360 g/mol. The molecule has 0 spiro atoms. The van der Waals surface area contributed by atoms with E-state index in [1.165, 1.54) is 12.1 Å². The summed E-state index contributed by atoms with van der Waals surface area (Å²) >= 11 is 1.58. The number of anilines is 1. The Bertz CT molecular complexity index is 1020. The van der Waals surface area contributed by atoms with E-state index in [9.17, 15) is 13.2 Å². The summed E-state index contributed by atoms with van der Waals surface area (Å²) in [4.78, 5) is 17.0. The molecule has 1 amide bonds. The third kappa shape index (κ3) is 3.18. The second kappa shape index (κ2) is 6.33. The van der Waals surface area contributed by atoms with Crippen LogP contribution in [0.4, 0.5) is 5.69 Å². The van der Waals surface area contributed by atoms with E-state index < -0.39 is 15.7 Å². The van der Waals surface area contributed by atoms with Crippen LogP contribution in [0.5, 0.6) is 0 Å². The van der Waals surface area contributed by atoms with Gasteiger partial charge in [0.15, 0.2) is 9.84 Å². The second-order valence-corrected chi connectivity index (χ2v) is 8.75. The Labute approximate surface area is 144 Å². The minimum absolute atomic E-state index is 0.0515. The summed E-state index contributed by atoms with van der Waals surface area (Å²) in [5.74, 6) is -0.504. The van der Waals surface area contributed by atoms with Crippen LogP contribution in [0, 0.1) is 6.92 Å². The number of aryl methyl sites for hydroxylation is 1. The number of carbonyl (C=O) groups excluding carboxylic acids is 1. The maximum Gasteiger partial charge on any atom is 0.256 e. The summed E-state index contributed by atoms with van der Waals surface area (Å²) in [6, 6.07) is 11.7. The van der Waals surface area contributed by atoms with E-state index in [-0.39, 0.29) is 16.2 Å². The summed E-state index contributed by atoms with van der Waals surface area (Å²) in [6.07, 6.45) is 0. The van der Waals surface area contributed by atoms with Gasteiger partial charge in [0.25, 0.3) is 5.91 Å². The molecule has 0 saturated carbocycles. The largest absolute Gasteiger partial charge is 0.322 e. The van der Waals surface area contributed by atoms with Crippen molar-refractivity contribution in [3.05, 3.63) is 53.0 Å². The lowest BCUT2D eigenvalue weighted by molar-refractivity contribution is 0.102. The lowest BCUT2D eigenvalue weighted by Gasteiger charge is -2.10. The molecule has 0 saturated heterocycles. The normalized spacial score (nSPS) is 11.6. The third-order valence-electron chi connectivity index (χ3n) is 3.60. The lowest BCUT2D eigenvalue weighted by Crippen LogP contribution is -2.17. The Kier molecular flexibility index (Phi) is 4.38. The zero-order valence-electron chi connectivity index (χ0n) is 13.2. The summed E-state index contributed by atoms with van der Waals surface area (Å²) < 4.78 is 25.4. The van der Waals surface area contributed by atoms with E-state index >= 15 is 0 Å². The first kappa shape index (κ1) is 16.6. The molecule has 2 aromatic carbocycles. The summed E-state index contributed by atoms with van der Waals surface area (Å²) in [5.41, 5.74) is 1.54. The van der Waals surface area contributed by atoms with Gasteiger partial charge in [0, 0.05) is 5.69 Å². The van der Waals surface area contributed by atoms with Gasteiger partial charge < -0.3 is 5.32 Å². The Balaban J connectivity index is 1.95. The molecule has 3 rings (SSSR count). The van der Waals surface area contributed by atoms with Crippen LogP contribution in [-0.2, 0) is 9.84 Å². The van der Waals surface area contributed by atoms with Crippen molar-refractivity contribution in [2.24, 2.45) is 0 Å². The number of aromatic nitrogens is 1. The van der Waals surface area contributed by atoms with E-state index in [0.29, 0.717) is 5.69 Å². The number of rotatable bonds is 4. The van der Waals surface area contributed by atoms with Gasteiger partial charge in [0.1, 0.15) is 0 Å². The highest BCUT2D eigenvalue weighted by Gasteiger charge is 2.20. The first-order valence-electron chi connectivity index (χ1n) is 7.41. The minimum Gasteiger partial charge on any atom is -0.322 e. The first-order valence-corrected chi connectivity index (χ1v) is 9.88. The molecule has 1 heterocycles. The highest BCUT2D eigenvalue weighted by atomic mass is 32.2. The minimum atomic E-state index is -3.47. The van der Waals surface area contributed by atoms with Crippen LogP contribution < -0.4 is 5.32 Å². The molecule has 1 aromatic heterocycles. The van der Waals surface area contributed by atoms with Crippen molar-refractivity contribution < 1.29 is 13.2 Å². The molecular formula is C17H16N2O3S2. The van der Waals surface area contributed by atoms with Crippen LogP contribution >= 0.6 is 11.3 Å². The molecule has 0 unspecified atom stereocenters. The molecule has 24 heavy (non-hydrogen) atoms. The van der Waals surface area contributed by atoms with E-state index in [0.717, 1.165) is 15.2 Å². The van der Waals surface area contributed by atoms with E-state index in [1.807, 2.05) is 13.0 Å². The van der Waals surface area contributed by atoms with Crippen LogP contribution in [0.15, 0.2) is 47.4 Å². The number of nitrogens with zero attached hydrogens (tertiary/aromatic N) is 1. The number of benzene rings is 2. The van der Waals surface area contributed by atoms with Gasteiger partial charge in [-0.25, -0.2) is 13.4 Å². The SMILES string of the molecule is CCS(=O)(=O)c1ccccc1C(=O)Nc1ccc2sc(C)nc2c1. The van der Waals surface area contributed by atoms with Gasteiger partial charge in [-0.1, -0.05) is 19.1 Å². The molecular weight excluding hydrogens is 344 g/mol. The lowest BCUT2D eigenvalue weighted by atomic mass is 10.2. The number of sulfone groups is 1. The smallest absolute Gasteiger partial charge is 0.256 e. The topological polar surface area (TPSA) is 76.1 Å². The Morgan fingerprint density at radius 2 is 1.96 bits per heavy atom. The quantitative estimate of drug-likeness (QED) is 0.770. The summed E-state index contributed by atoms with van der Waals surface area (Å²) in [7, 11) is -3.47. The predicted molar refractivity (Wildman–Crippen MR) is 96.5 cm³/mol. The van der Waals surface area contributed by atoms with Crippen molar-refractivity contribution >= 4 is 43.0 Å². The molecule has 124 valence electrons. The molecule has 0 aliphatic rings. The standard InChI is InChI=1S/C17H16N2O3S2/c1-3-24(21,22)16-7-5-4-6-13(16)17(20)19-12-8-9-15-14(10-12)18-11(2)23-15/h4-10H,3H2,1-2H3,(H,19,20). The van der Waals surface area contributed by atoms with Gasteiger partial charge in [-0.2, -0.15) is 0 Å². The van der Waals surface area contributed by atoms with Crippen molar-refractivity contribution in [3.8, 4) is 0 Å². The van der Waals surface area contributed by atoms with Crippen LogP contribution in [0.3, 0.4) is 0 Å². The molecule has 7 heteroatoms. The number of carbonyl (C=O) groups is 1. The van der Waals surface area contributed by atoms with E-state index in [4.69, 9.17) is 0 Å². The molecule has 3 aromatic rings. The van der Waals surface area contributed by atoms with Gasteiger partial charge in [-0.05, 0) is 37.3 Å². The number of hydrogen-bond acceptors (Lipinski definition) is 5. The van der Waals surface area contributed by atoms with E-state index in [2.05, 4.69) is 10.3 Å². The Morgan fingerprint density at radius 3 is 2.71 bits per heavy atom. The summed E-state index contributed by atoms with van der Waals surface area (Å²) in [6.45, 7) is 3.48. The van der Waals surface area contributed by atoms with Gasteiger partial charge in [0.2, 0.25) is 0 Å². The highest BCUT2D eigenvalue weighted by Crippen LogP contribution is 2.25. The number of hydrogen-bond donors (Lipinski definition) is 1. The predicted octanol–water partition coefficient (Wildman–Crippen LogP) is 3.65. The van der Waals surface area contributed by atoms with Gasteiger partial charge in [-0.3, -0.25) is 4.79 Å². The van der Waals surface area contributed by atoms with Crippen molar-refractivity contribution in [2.45, 2.75) is 18.7 Å². The number of thiazole rings is 1. The fourth-order valence-electron chi connectivity index (χ4n) is 2.40. The molecule has 0 aliphatic carbocycles. The zero-order valence-corrected chi connectivity index (χ0v) is 14.9. The van der Waals surface area contributed by atoms with Crippen LogP contribution in [-0.4, -0.2) is 25.1 Å². The summed E-state index contributed by atoms with van der Waals surface area (Å²) in [5, 5.41) is 3.71. The van der Waals surface area contributed by atoms with Crippen LogP contribution in [0.25, 0.3) is 10.2 Å². The van der Waals surface area contributed by atoms with Gasteiger partial charge in [-0.15, -0.1) is 11.3 Å². The fourth-order valence-corrected chi connectivity index (χ4v) is 4.30. The maximum absolute atomic E-state index is 12.5. The first-order chi connectivity index (χ1) is 11.4. The molecule has 0 bridgehead atoms. The highest BCUT2D eigenvalue weighted by molar-refractivity contribution is 7.91. The average molecular weight is 360 g/mol. The Morgan fingerprint density at radius 1 is 1.21 bits per heavy atom. The fraction of sp³-hybridized carbons (Fsp3) is 0.176. The van der Waals surface area contributed by atoms with Gasteiger partial charge in [0.05, 0.1) is 31.4 Å². The van der Waals surface area contributed by atoms with Crippen molar-refractivity contribution in [1.82, 2.24) is 4.98 Å². The van der Waals surface area contributed by atoms with Crippen LogP contribution in [0.2, 0.25) is 0 Å². The van der Waals surface area contributed by atoms with Crippen LogP contribution in [0.1, 0.15) is 22.3 Å². The zero-order chi connectivity index (χ0) is 17.3. The Hall–Kier alpha value is -2.25. The van der Waals surface area contributed by atoms with Crippen molar-refractivity contribution in [2.75, 3.05) is 11.1 Å². The molecule has 0 radical (unpaired) electrons. The molecule has 1 N–H and O–H groups in total. The molecule has 0 atom stereocenters. The number of nitrogens with one attached hydrogen (secondary N) is 1. The van der Waals surface area contributed by atoms with E-state index in [1.54, 1.807) is 42.5 Å². The maximum atomic E-state index is 12.5. The average Bonchev–Trinajstić information content (AvgIpc) is 2.94. The molecule has 0 fully saturated rings. The molecule has 0 aliphatic heterocycles. The van der Waals surface area contributed by atoms with Crippen molar-refractivity contribution in [3.63, 3.8) is 0 Å².